The molecule has 0 saturated heterocycles. The van der Waals surface area contributed by atoms with Gasteiger partial charge in [0.05, 0.1) is 22.7 Å². The van der Waals surface area contributed by atoms with E-state index < -0.39 is 0 Å². The number of nitrogens with zero attached hydrogens (tertiary/aromatic N) is 2. The van der Waals surface area contributed by atoms with Crippen molar-refractivity contribution in [1.29, 1.82) is 0 Å². The summed E-state index contributed by atoms with van der Waals surface area (Å²) < 4.78 is 0. The van der Waals surface area contributed by atoms with Crippen LogP contribution in [0, 0.1) is 0 Å². The third-order valence-electron chi connectivity index (χ3n) is 9.70. The molecular formula is C44H28N2. The summed E-state index contributed by atoms with van der Waals surface area (Å²) in [5.74, 6) is 0. The number of para-hydroxylation sites is 2. The maximum atomic E-state index is 2.41. The molecule has 0 aromatic heterocycles. The lowest BCUT2D eigenvalue weighted by molar-refractivity contribution is 1.28. The molecule has 8 aromatic rings. The smallest absolute Gasteiger partial charge is 0.0546 e. The van der Waals surface area contributed by atoms with Gasteiger partial charge in [-0.1, -0.05) is 121 Å². The molecule has 0 aliphatic carbocycles. The molecule has 2 heterocycles. The zero-order valence-corrected chi connectivity index (χ0v) is 25.1. The van der Waals surface area contributed by atoms with Gasteiger partial charge in [-0.05, 0) is 81.6 Å². The van der Waals surface area contributed by atoms with Crippen LogP contribution in [-0.2, 0) is 0 Å². The molecule has 0 fully saturated rings. The van der Waals surface area contributed by atoms with Gasteiger partial charge in [-0.25, -0.2) is 0 Å². The first-order valence-electron chi connectivity index (χ1n) is 15.9. The fourth-order valence-corrected chi connectivity index (χ4v) is 7.68. The van der Waals surface area contributed by atoms with Crippen molar-refractivity contribution in [3.63, 3.8) is 0 Å². The maximum absolute atomic E-state index is 2.41. The van der Waals surface area contributed by atoms with Crippen LogP contribution in [-0.4, -0.2) is 0 Å². The summed E-state index contributed by atoms with van der Waals surface area (Å²) in [6, 6.07) is 62.0. The van der Waals surface area contributed by atoms with E-state index in [2.05, 4.69) is 180 Å². The van der Waals surface area contributed by atoms with Crippen LogP contribution in [0.15, 0.2) is 170 Å². The van der Waals surface area contributed by atoms with Gasteiger partial charge in [0.15, 0.2) is 0 Å². The van der Waals surface area contributed by atoms with E-state index in [1.807, 2.05) is 0 Å². The van der Waals surface area contributed by atoms with Gasteiger partial charge in [0.1, 0.15) is 0 Å². The summed E-state index contributed by atoms with van der Waals surface area (Å²) in [6.07, 6.45) is 0. The molecule has 2 nitrogen and oxygen atoms in total. The average molecular weight is 585 g/mol. The normalized spacial score (nSPS) is 12.7. The van der Waals surface area contributed by atoms with Crippen molar-refractivity contribution in [2.45, 2.75) is 0 Å². The molecule has 2 aliphatic rings. The number of rotatable bonds is 3. The number of benzene rings is 8. The molecule has 0 radical (unpaired) electrons. The van der Waals surface area contributed by atoms with E-state index in [0.717, 1.165) is 11.4 Å². The van der Waals surface area contributed by atoms with Gasteiger partial charge in [-0.3, -0.25) is 0 Å². The van der Waals surface area contributed by atoms with Crippen LogP contribution >= 0.6 is 0 Å². The molecule has 46 heavy (non-hydrogen) atoms. The molecular weight excluding hydrogens is 556 g/mol. The molecule has 8 aromatic carbocycles. The van der Waals surface area contributed by atoms with Crippen molar-refractivity contribution in [3.8, 4) is 33.4 Å². The first-order valence-corrected chi connectivity index (χ1v) is 15.9. The first kappa shape index (κ1) is 25.2. The molecule has 0 unspecified atom stereocenters. The van der Waals surface area contributed by atoms with Gasteiger partial charge in [-0.2, -0.15) is 0 Å². The van der Waals surface area contributed by atoms with Crippen molar-refractivity contribution >= 4 is 55.7 Å². The summed E-state index contributed by atoms with van der Waals surface area (Å²) in [4.78, 5) is 4.81. The SMILES string of the molecule is c1ccc2c(c1)-c1cccc3cccc(c13)N2c1ccc(-c2ccc(N3c4ccccc4-c4cccc5cccc3c45)cc2)cc1. The Labute approximate surface area is 268 Å². The number of hydrogen-bond acceptors (Lipinski definition) is 2. The number of anilines is 6. The predicted octanol–water partition coefficient (Wildman–Crippen LogP) is 12.6. The Hall–Kier alpha value is -6.12. The minimum Gasteiger partial charge on any atom is -0.309 e. The van der Waals surface area contributed by atoms with E-state index in [1.54, 1.807) is 0 Å². The molecule has 2 heteroatoms. The second-order valence-corrected chi connectivity index (χ2v) is 12.2. The van der Waals surface area contributed by atoms with E-state index in [1.165, 1.54) is 77.7 Å². The Kier molecular flexibility index (Phi) is 5.31. The molecule has 2 aliphatic heterocycles. The topological polar surface area (TPSA) is 6.48 Å². The van der Waals surface area contributed by atoms with Crippen molar-refractivity contribution in [3.05, 3.63) is 170 Å². The maximum Gasteiger partial charge on any atom is 0.0546 e. The fraction of sp³-hybridized carbons (Fsp3) is 0. The highest BCUT2D eigenvalue weighted by Crippen LogP contribution is 2.52. The highest BCUT2D eigenvalue weighted by atomic mass is 15.2. The predicted molar refractivity (Wildman–Crippen MR) is 194 cm³/mol. The van der Waals surface area contributed by atoms with Gasteiger partial charge in [0.2, 0.25) is 0 Å². The summed E-state index contributed by atoms with van der Waals surface area (Å²) in [7, 11) is 0. The molecule has 10 rings (SSSR count). The van der Waals surface area contributed by atoms with E-state index in [9.17, 15) is 0 Å². The van der Waals surface area contributed by atoms with Crippen molar-refractivity contribution in [2.75, 3.05) is 9.80 Å². The Morgan fingerprint density at radius 3 is 1.04 bits per heavy atom. The summed E-state index contributed by atoms with van der Waals surface area (Å²) in [6.45, 7) is 0. The zero-order chi connectivity index (χ0) is 30.2. The zero-order valence-electron chi connectivity index (χ0n) is 25.1. The number of fused-ring (bicyclic) bond motifs is 4. The van der Waals surface area contributed by atoms with E-state index in [-0.39, 0.29) is 0 Å². The molecule has 0 amide bonds. The molecule has 0 atom stereocenters. The molecule has 0 spiro atoms. The van der Waals surface area contributed by atoms with Crippen molar-refractivity contribution in [1.82, 2.24) is 0 Å². The average Bonchev–Trinajstić information content (AvgIpc) is 3.13. The standard InChI is InChI=1S/C44H28N2/c1-3-17-39-35(13-1)37-15-5-9-31-11-7-19-41(43(31)37)45(39)33-25-21-29(22-26-33)30-23-27-34(28-24-30)46-40-18-4-2-14-36(40)38-16-6-10-32-12-8-20-42(46)44(32)38/h1-28H. The van der Waals surface area contributed by atoms with Crippen molar-refractivity contribution in [2.24, 2.45) is 0 Å². The minimum absolute atomic E-state index is 1.16. The Bertz CT molecular complexity index is 2290. The first-order chi connectivity index (χ1) is 22.8. The lowest BCUT2D eigenvalue weighted by atomic mass is 9.90. The van der Waals surface area contributed by atoms with Crippen LogP contribution in [0.4, 0.5) is 34.1 Å². The lowest BCUT2D eigenvalue weighted by Crippen LogP contribution is -2.15. The highest BCUT2D eigenvalue weighted by molar-refractivity contribution is 6.15. The third-order valence-corrected chi connectivity index (χ3v) is 9.70. The van der Waals surface area contributed by atoms with Crippen LogP contribution in [0.3, 0.4) is 0 Å². The molecule has 0 N–H and O–H groups in total. The summed E-state index contributed by atoms with van der Waals surface area (Å²) >= 11 is 0. The Balaban J connectivity index is 1.03. The third kappa shape index (κ3) is 3.59. The quantitative estimate of drug-likeness (QED) is 0.204. The molecule has 0 bridgehead atoms. The fourth-order valence-electron chi connectivity index (χ4n) is 7.68. The molecule has 0 saturated carbocycles. The summed E-state index contributed by atoms with van der Waals surface area (Å²) in [5.41, 5.74) is 14.7. The molecule has 214 valence electrons. The van der Waals surface area contributed by atoms with Gasteiger partial charge in [-0.15, -0.1) is 0 Å². The van der Waals surface area contributed by atoms with Gasteiger partial charge < -0.3 is 9.80 Å². The highest BCUT2D eigenvalue weighted by Gasteiger charge is 2.27. The largest absolute Gasteiger partial charge is 0.309 e. The van der Waals surface area contributed by atoms with E-state index in [0.29, 0.717) is 0 Å². The summed E-state index contributed by atoms with van der Waals surface area (Å²) in [5, 5.41) is 5.14. The Morgan fingerprint density at radius 2 is 0.609 bits per heavy atom. The van der Waals surface area contributed by atoms with E-state index >= 15 is 0 Å². The second kappa shape index (κ2) is 9.69. The van der Waals surface area contributed by atoms with Crippen LogP contribution in [0.2, 0.25) is 0 Å². The van der Waals surface area contributed by atoms with Crippen LogP contribution in [0.25, 0.3) is 54.9 Å². The number of hydrogen-bond donors (Lipinski definition) is 0. The minimum atomic E-state index is 1.16. The van der Waals surface area contributed by atoms with Crippen molar-refractivity contribution < 1.29 is 0 Å². The van der Waals surface area contributed by atoms with Crippen LogP contribution < -0.4 is 9.80 Å². The van der Waals surface area contributed by atoms with Gasteiger partial charge in [0.25, 0.3) is 0 Å². The Morgan fingerprint density at radius 1 is 0.261 bits per heavy atom. The second-order valence-electron chi connectivity index (χ2n) is 12.2. The van der Waals surface area contributed by atoms with Crippen LogP contribution in [0.5, 0.6) is 0 Å². The van der Waals surface area contributed by atoms with Gasteiger partial charge >= 0.3 is 0 Å². The van der Waals surface area contributed by atoms with Gasteiger partial charge in [0, 0.05) is 33.3 Å². The van der Waals surface area contributed by atoms with Crippen LogP contribution in [0.1, 0.15) is 0 Å². The van der Waals surface area contributed by atoms with E-state index in [4.69, 9.17) is 0 Å². The lowest BCUT2D eigenvalue weighted by Gasteiger charge is -2.33. The monoisotopic (exact) mass is 584 g/mol.